The molecule has 3 nitrogen and oxygen atoms in total. The number of carbonyl (C=O) groups is 1. The van der Waals surface area contributed by atoms with Gasteiger partial charge in [0.2, 0.25) is 0 Å². The molecule has 19 heavy (non-hydrogen) atoms. The van der Waals surface area contributed by atoms with Gasteiger partial charge in [-0.1, -0.05) is 0 Å². The molecule has 1 amide bonds. The second-order valence-corrected chi connectivity index (χ2v) is 4.25. The fourth-order valence-electron chi connectivity index (χ4n) is 0.908. The third kappa shape index (κ3) is 2.80. The number of carbonyl (C=O) groups excluding carboxylic acids is 1. The van der Waals surface area contributed by atoms with E-state index in [1.165, 1.54) is 17.6 Å². The summed E-state index contributed by atoms with van der Waals surface area (Å²) in [4.78, 5) is 14.3. The van der Waals surface area contributed by atoms with E-state index in [2.05, 4.69) is 4.98 Å². The molecule has 108 valence electrons. The van der Waals surface area contributed by atoms with Gasteiger partial charge in [0.25, 0.3) is 0 Å². The van der Waals surface area contributed by atoms with Gasteiger partial charge in [0.1, 0.15) is 0 Å². The van der Waals surface area contributed by atoms with Crippen LogP contribution in [-0.2, 0) is 4.79 Å². The number of anilines is 1. The number of alkyl halides is 7. The highest BCUT2D eigenvalue weighted by atomic mass is 32.1. The van der Waals surface area contributed by atoms with Gasteiger partial charge >= 0.3 is 23.9 Å². The van der Waals surface area contributed by atoms with Crippen LogP contribution in [0.3, 0.4) is 0 Å². The Balaban J connectivity index is 2.97. The first kappa shape index (κ1) is 15.7. The Morgan fingerprint density at radius 3 is 2.11 bits per heavy atom. The molecule has 11 heteroatoms. The van der Waals surface area contributed by atoms with E-state index in [9.17, 15) is 35.5 Å². The molecule has 1 aromatic rings. The first-order chi connectivity index (χ1) is 8.39. The van der Waals surface area contributed by atoms with Crippen LogP contribution < -0.4 is 5.32 Å². The van der Waals surface area contributed by atoms with Crippen molar-refractivity contribution in [2.75, 3.05) is 5.32 Å². The van der Waals surface area contributed by atoms with Crippen molar-refractivity contribution in [1.29, 1.82) is 0 Å². The van der Waals surface area contributed by atoms with Gasteiger partial charge in [-0.15, -0.1) is 11.3 Å². The van der Waals surface area contributed by atoms with Crippen molar-refractivity contribution in [2.24, 2.45) is 0 Å². The van der Waals surface area contributed by atoms with E-state index in [1.54, 1.807) is 0 Å². The lowest BCUT2D eigenvalue weighted by molar-refractivity contribution is -0.343. The van der Waals surface area contributed by atoms with Crippen molar-refractivity contribution in [3.63, 3.8) is 0 Å². The zero-order valence-electron chi connectivity index (χ0n) is 8.99. The highest BCUT2D eigenvalue weighted by molar-refractivity contribution is 7.13. The van der Waals surface area contributed by atoms with Gasteiger partial charge in [0.15, 0.2) is 5.13 Å². The van der Waals surface area contributed by atoms with Crippen LogP contribution in [0.4, 0.5) is 35.9 Å². The summed E-state index contributed by atoms with van der Waals surface area (Å²) in [5.41, 5.74) is 0.284. The Bertz CT molecular complexity index is 482. The average molecular weight is 310 g/mol. The minimum absolute atomic E-state index is 0.284. The maximum absolute atomic E-state index is 12.9. The zero-order chi connectivity index (χ0) is 15.1. The molecule has 0 saturated carbocycles. The number of nitrogens with one attached hydrogen (secondary N) is 1. The second-order valence-electron chi connectivity index (χ2n) is 3.39. The van der Waals surface area contributed by atoms with E-state index in [0.717, 1.165) is 0 Å². The molecular weight excluding hydrogens is 305 g/mol. The highest BCUT2D eigenvalue weighted by Gasteiger charge is 2.76. The minimum Gasteiger partial charge on any atom is -0.296 e. The number of aromatic nitrogens is 1. The second kappa shape index (κ2) is 4.62. The van der Waals surface area contributed by atoms with Crippen molar-refractivity contribution >= 4 is 22.4 Å². The SMILES string of the molecule is Cc1csc(NC(=O)C(F)(F)C(F)(F)C(F)(F)F)n1. The Kier molecular flexibility index (Phi) is 3.81. The molecule has 0 radical (unpaired) electrons. The standard InChI is InChI=1S/C8H5F7N2OS/c1-3-2-19-5(16-3)17-4(18)6(9,10)7(11,12)8(13,14)15/h2H,1H3,(H,16,17,18). The summed E-state index contributed by atoms with van der Waals surface area (Å²) in [6.07, 6.45) is -6.55. The molecule has 0 spiro atoms. The summed E-state index contributed by atoms with van der Waals surface area (Å²) >= 11 is 0.610. The number of hydrogen-bond acceptors (Lipinski definition) is 3. The molecular formula is C8H5F7N2OS. The molecule has 0 aliphatic rings. The fraction of sp³-hybridized carbons (Fsp3) is 0.500. The van der Waals surface area contributed by atoms with Crippen LogP contribution in [0.1, 0.15) is 5.69 Å². The fourth-order valence-corrected chi connectivity index (χ4v) is 1.59. The van der Waals surface area contributed by atoms with Crippen LogP contribution in [-0.4, -0.2) is 28.9 Å². The van der Waals surface area contributed by atoms with Gasteiger partial charge in [-0.3, -0.25) is 10.1 Å². The van der Waals surface area contributed by atoms with Crippen LogP contribution in [0.15, 0.2) is 5.38 Å². The molecule has 0 aromatic carbocycles. The molecule has 0 aliphatic heterocycles. The summed E-state index contributed by atoms with van der Waals surface area (Å²) < 4.78 is 86.2. The van der Waals surface area contributed by atoms with E-state index in [1.807, 2.05) is 0 Å². The Morgan fingerprint density at radius 1 is 1.21 bits per heavy atom. The maximum atomic E-state index is 12.9. The van der Waals surface area contributed by atoms with Gasteiger partial charge in [0.05, 0.1) is 5.69 Å². The smallest absolute Gasteiger partial charge is 0.296 e. The number of aryl methyl sites for hydroxylation is 1. The molecule has 1 rings (SSSR count). The number of amides is 1. The topological polar surface area (TPSA) is 42.0 Å². The minimum atomic E-state index is -6.55. The van der Waals surface area contributed by atoms with Crippen molar-refractivity contribution in [3.8, 4) is 0 Å². The van der Waals surface area contributed by atoms with Gasteiger partial charge < -0.3 is 0 Å². The van der Waals surface area contributed by atoms with Crippen molar-refractivity contribution < 1.29 is 35.5 Å². The van der Waals surface area contributed by atoms with E-state index in [-0.39, 0.29) is 5.69 Å². The normalized spacial score (nSPS) is 13.5. The number of hydrogen-bond donors (Lipinski definition) is 1. The first-order valence-corrected chi connectivity index (χ1v) is 5.33. The Morgan fingerprint density at radius 2 is 1.74 bits per heavy atom. The third-order valence-electron chi connectivity index (χ3n) is 1.88. The molecule has 0 atom stereocenters. The lowest BCUT2D eigenvalue weighted by Crippen LogP contribution is -2.57. The molecule has 1 N–H and O–H groups in total. The molecule has 0 unspecified atom stereocenters. The van der Waals surface area contributed by atoms with Crippen molar-refractivity contribution in [1.82, 2.24) is 4.98 Å². The van der Waals surface area contributed by atoms with Gasteiger partial charge in [-0.05, 0) is 6.92 Å². The number of nitrogens with zero attached hydrogens (tertiary/aromatic N) is 1. The van der Waals surface area contributed by atoms with E-state index in [4.69, 9.17) is 0 Å². The summed E-state index contributed by atoms with van der Waals surface area (Å²) in [6, 6.07) is 0. The molecule has 0 fully saturated rings. The maximum Gasteiger partial charge on any atom is 0.460 e. The molecule has 0 saturated heterocycles. The van der Waals surface area contributed by atoms with Crippen molar-refractivity contribution in [3.05, 3.63) is 11.1 Å². The average Bonchev–Trinajstić information content (AvgIpc) is 2.61. The zero-order valence-corrected chi connectivity index (χ0v) is 9.80. The van der Waals surface area contributed by atoms with E-state index < -0.39 is 29.1 Å². The van der Waals surface area contributed by atoms with Crippen LogP contribution in [0.25, 0.3) is 0 Å². The summed E-state index contributed by atoms with van der Waals surface area (Å²) in [5, 5.41) is 2.01. The van der Waals surface area contributed by atoms with Crippen LogP contribution in [0.2, 0.25) is 0 Å². The van der Waals surface area contributed by atoms with Gasteiger partial charge in [-0.2, -0.15) is 30.7 Å². The Labute approximate surface area is 105 Å². The van der Waals surface area contributed by atoms with Crippen molar-refractivity contribution in [2.45, 2.75) is 24.9 Å². The molecule has 1 heterocycles. The summed E-state index contributed by atoms with van der Waals surface area (Å²) in [6.45, 7) is 1.41. The summed E-state index contributed by atoms with van der Waals surface area (Å²) in [5.74, 6) is -15.2. The van der Waals surface area contributed by atoms with Crippen LogP contribution in [0, 0.1) is 6.92 Å². The van der Waals surface area contributed by atoms with E-state index in [0.29, 0.717) is 11.3 Å². The lowest BCUT2D eigenvalue weighted by atomic mass is 10.1. The number of rotatable bonds is 3. The highest BCUT2D eigenvalue weighted by Crippen LogP contribution is 2.46. The van der Waals surface area contributed by atoms with E-state index >= 15 is 0 Å². The monoisotopic (exact) mass is 310 g/mol. The first-order valence-electron chi connectivity index (χ1n) is 4.45. The lowest BCUT2D eigenvalue weighted by Gasteiger charge is -2.26. The number of thiazole rings is 1. The quantitative estimate of drug-likeness (QED) is 0.871. The molecule has 0 bridgehead atoms. The van der Waals surface area contributed by atoms with Crippen LogP contribution >= 0.6 is 11.3 Å². The van der Waals surface area contributed by atoms with Gasteiger partial charge in [-0.25, -0.2) is 4.98 Å². The predicted molar refractivity (Wildman–Crippen MR) is 51.4 cm³/mol. The van der Waals surface area contributed by atoms with Gasteiger partial charge in [0, 0.05) is 5.38 Å². The molecule has 0 aliphatic carbocycles. The largest absolute Gasteiger partial charge is 0.460 e. The van der Waals surface area contributed by atoms with Crippen LogP contribution in [0.5, 0.6) is 0 Å². The third-order valence-corrected chi connectivity index (χ3v) is 2.75. The number of halogens is 7. The molecule has 1 aromatic heterocycles. The Hall–Kier alpha value is -1.39. The summed E-state index contributed by atoms with van der Waals surface area (Å²) in [7, 11) is 0. The predicted octanol–water partition coefficient (Wildman–Crippen LogP) is 3.22.